The van der Waals surface area contributed by atoms with Crippen molar-refractivity contribution < 1.29 is 19.1 Å². The lowest BCUT2D eigenvalue weighted by atomic mass is 10.2. The summed E-state index contributed by atoms with van der Waals surface area (Å²) in [5.74, 6) is -1.22. The second kappa shape index (κ2) is 5.75. The lowest BCUT2D eigenvalue weighted by Crippen LogP contribution is -2.09. The first kappa shape index (κ1) is 14.1. The Kier molecular flexibility index (Phi) is 4.05. The van der Waals surface area contributed by atoms with Crippen LogP contribution in [0.15, 0.2) is 30.3 Å². The SMILES string of the molecule is COC(=O)c1cc(OC(=O)c2ccccc2Cl)nn1C. The molecule has 7 heteroatoms. The van der Waals surface area contributed by atoms with Crippen molar-refractivity contribution in [2.75, 3.05) is 7.11 Å². The van der Waals surface area contributed by atoms with Gasteiger partial charge in [0.25, 0.3) is 0 Å². The highest BCUT2D eigenvalue weighted by molar-refractivity contribution is 6.33. The van der Waals surface area contributed by atoms with Crippen molar-refractivity contribution in [3.05, 3.63) is 46.6 Å². The lowest BCUT2D eigenvalue weighted by Gasteiger charge is -2.02. The van der Waals surface area contributed by atoms with E-state index >= 15 is 0 Å². The molecule has 1 aromatic carbocycles. The Hall–Kier alpha value is -2.34. The zero-order chi connectivity index (χ0) is 14.7. The fourth-order valence-corrected chi connectivity index (χ4v) is 1.78. The molecule has 20 heavy (non-hydrogen) atoms. The molecule has 0 saturated heterocycles. The Morgan fingerprint density at radius 1 is 1.25 bits per heavy atom. The Balaban J connectivity index is 2.21. The zero-order valence-corrected chi connectivity index (χ0v) is 11.5. The van der Waals surface area contributed by atoms with E-state index in [-0.39, 0.29) is 22.2 Å². The quantitative estimate of drug-likeness (QED) is 0.811. The van der Waals surface area contributed by atoms with Gasteiger partial charge in [-0.2, -0.15) is 0 Å². The number of methoxy groups -OCH3 is 1. The van der Waals surface area contributed by atoms with Crippen LogP contribution in [0.2, 0.25) is 5.02 Å². The van der Waals surface area contributed by atoms with E-state index in [9.17, 15) is 9.59 Å². The third-order valence-electron chi connectivity index (χ3n) is 2.54. The number of carbonyl (C=O) groups excluding carboxylic acids is 2. The molecule has 0 bridgehead atoms. The molecule has 1 heterocycles. The summed E-state index contributed by atoms with van der Waals surface area (Å²) in [5, 5.41) is 4.18. The molecule has 2 rings (SSSR count). The molecule has 2 aromatic rings. The van der Waals surface area contributed by atoms with Crippen LogP contribution in [0.3, 0.4) is 0 Å². The van der Waals surface area contributed by atoms with Crippen molar-refractivity contribution in [2.24, 2.45) is 7.05 Å². The number of benzene rings is 1. The van der Waals surface area contributed by atoms with E-state index in [4.69, 9.17) is 16.3 Å². The van der Waals surface area contributed by atoms with Gasteiger partial charge in [-0.05, 0) is 12.1 Å². The first-order valence-electron chi connectivity index (χ1n) is 5.62. The number of ether oxygens (including phenoxy) is 2. The van der Waals surface area contributed by atoms with E-state index in [2.05, 4.69) is 9.84 Å². The van der Waals surface area contributed by atoms with E-state index in [1.807, 2.05) is 0 Å². The van der Waals surface area contributed by atoms with Crippen molar-refractivity contribution in [3.63, 3.8) is 0 Å². The maximum absolute atomic E-state index is 11.9. The largest absolute Gasteiger partial charge is 0.464 e. The van der Waals surface area contributed by atoms with Gasteiger partial charge in [0.15, 0.2) is 0 Å². The molecule has 0 amide bonds. The smallest absolute Gasteiger partial charge is 0.356 e. The van der Waals surface area contributed by atoms with Gasteiger partial charge in [-0.25, -0.2) is 9.59 Å². The third-order valence-corrected chi connectivity index (χ3v) is 2.87. The molecule has 1 aromatic heterocycles. The molecular formula is C13H11ClN2O4. The van der Waals surface area contributed by atoms with E-state index in [1.54, 1.807) is 25.2 Å². The predicted molar refractivity (Wildman–Crippen MR) is 71.0 cm³/mol. The first-order valence-corrected chi connectivity index (χ1v) is 5.99. The van der Waals surface area contributed by atoms with Crippen LogP contribution < -0.4 is 4.74 Å². The summed E-state index contributed by atoms with van der Waals surface area (Å²) in [6, 6.07) is 7.81. The van der Waals surface area contributed by atoms with Crippen LogP contribution in [0.4, 0.5) is 0 Å². The summed E-state index contributed by atoms with van der Waals surface area (Å²) in [7, 11) is 2.80. The maximum Gasteiger partial charge on any atom is 0.356 e. The number of hydrogen-bond donors (Lipinski definition) is 0. The molecular weight excluding hydrogens is 284 g/mol. The molecule has 0 aliphatic carbocycles. The number of hydrogen-bond acceptors (Lipinski definition) is 5. The summed E-state index contributed by atoms with van der Waals surface area (Å²) < 4.78 is 10.9. The van der Waals surface area contributed by atoms with Crippen LogP contribution in [0.5, 0.6) is 5.88 Å². The molecule has 0 unspecified atom stereocenters. The van der Waals surface area contributed by atoms with Crippen LogP contribution in [0.1, 0.15) is 20.8 Å². The average Bonchev–Trinajstić information content (AvgIpc) is 2.79. The average molecular weight is 295 g/mol. The molecule has 0 aliphatic heterocycles. The molecule has 0 aliphatic rings. The molecule has 6 nitrogen and oxygen atoms in total. The van der Waals surface area contributed by atoms with E-state index in [0.717, 1.165) is 0 Å². The minimum atomic E-state index is -0.648. The summed E-state index contributed by atoms with van der Waals surface area (Å²) in [6.45, 7) is 0. The van der Waals surface area contributed by atoms with Gasteiger partial charge >= 0.3 is 11.9 Å². The molecule has 0 fully saturated rings. The number of aryl methyl sites for hydroxylation is 1. The van der Waals surface area contributed by atoms with Gasteiger partial charge in [-0.1, -0.05) is 23.7 Å². The van der Waals surface area contributed by atoms with Crippen LogP contribution in [0.25, 0.3) is 0 Å². The van der Waals surface area contributed by atoms with Gasteiger partial charge in [0, 0.05) is 13.1 Å². The highest BCUT2D eigenvalue weighted by atomic mass is 35.5. The normalized spacial score (nSPS) is 10.2. The number of aromatic nitrogens is 2. The van der Waals surface area contributed by atoms with Crippen LogP contribution in [-0.2, 0) is 11.8 Å². The Labute approximate surface area is 119 Å². The maximum atomic E-state index is 11.9. The highest BCUT2D eigenvalue weighted by Gasteiger charge is 2.18. The van der Waals surface area contributed by atoms with Crippen molar-refractivity contribution in [2.45, 2.75) is 0 Å². The summed E-state index contributed by atoms with van der Waals surface area (Å²) in [6.07, 6.45) is 0. The fourth-order valence-electron chi connectivity index (χ4n) is 1.56. The fraction of sp³-hybridized carbons (Fsp3) is 0.154. The van der Waals surface area contributed by atoms with Gasteiger partial charge in [0.1, 0.15) is 5.69 Å². The zero-order valence-electron chi connectivity index (χ0n) is 10.8. The van der Waals surface area contributed by atoms with Gasteiger partial charge < -0.3 is 9.47 Å². The van der Waals surface area contributed by atoms with Crippen molar-refractivity contribution in [3.8, 4) is 5.88 Å². The molecule has 0 spiro atoms. The van der Waals surface area contributed by atoms with E-state index < -0.39 is 11.9 Å². The topological polar surface area (TPSA) is 70.4 Å². The van der Waals surface area contributed by atoms with Gasteiger partial charge in [-0.3, -0.25) is 4.68 Å². The Morgan fingerprint density at radius 2 is 1.95 bits per heavy atom. The van der Waals surface area contributed by atoms with Gasteiger partial charge in [0.2, 0.25) is 5.88 Å². The molecule has 0 N–H and O–H groups in total. The Morgan fingerprint density at radius 3 is 2.60 bits per heavy atom. The van der Waals surface area contributed by atoms with Crippen molar-refractivity contribution >= 4 is 23.5 Å². The molecule has 0 saturated carbocycles. The first-order chi connectivity index (χ1) is 9.52. The van der Waals surface area contributed by atoms with E-state index in [0.29, 0.717) is 0 Å². The number of esters is 2. The van der Waals surface area contributed by atoms with Crippen LogP contribution in [0, 0.1) is 0 Å². The van der Waals surface area contributed by atoms with Crippen molar-refractivity contribution in [1.29, 1.82) is 0 Å². The third kappa shape index (κ3) is 2.80. The second-order valence-corrected chi connectivity index (χ2v) is 4.26. The summed E-state index contributed by atoms with van der Waals surface area (Å²) in [5.41, 5.74) is 0.397. The molecule has 0 atom stereocenters. The number of halogens is 1. The standard InChI is InChI=1S/C13H11ClN2O4/c1-16-10(13(18)19-2)7-11(15-16)20-12(17)8-5-3-4-6-9(8)14/h3-7H,1-2H3. The number of carbonyl (C=O) groups is 2. The number of rotatable bonds is 3. The summed E-state index contributed by atoms with van der Waals surface area (Å²) in [4.78, 5) is 23.3. The predicted octanol–water partition coefficient (Wildman–Crippen LogP) is 2.08. The molecule has 104 valence electrons. The minimum Gasteiger partial charge on any atom is -0.464 e. The van der Waals surface area contributed by atoms with Gasteiger partial charge in [-0.15, -0.1) is 5.10 Å². The second-order valence-electron chi connectivity index (χ2n) is 3.85. The monoisotopic (exact) mass is 294 g/mol. The highest BCUT2D eigenvalue weighted by Crippen LogP contribution is 2.18. The van der Waals surface area contributed by atoms with E-state index in [1.165, 1.54) is 23.9 Å². The van der Waals surface area contributed by atoms with Crippen molar-refractivity contribution in [1.82, 2.24) is 9.78 Å². The van der Waals surface area contributed by atoms with Crippen LogP contribution >= 0.6 is 11.6 Å². The Bertz CT molecular complexity index is 666. The number of nitrogens with zero attached hydrogens (tertiary/aromatic N) is 2. The van der Waals surface area contributed by atoms with Gasteiger partial charge in [0.05, 0.1) is 17.7 Å². The minimum absolute atomic E-state index is 0.00202. The molecule has 0 radical (unpaired) electrons. The van der Waals surface area contributed by atoms with Crippen LogP contribution in [-0.4, -0.2) is 28.8 Å². The lowest BCUT2D eigenvalue weighted by molar-refractivity contribution is 0.0587. The summed E-state index contributed by atoms with van der Waals surface area (Å²) >= 11 is 5.89.